The van der Waals surface area contributed by atoms with Gasteiger partial charge in [-0.25, -0.2) is 0 Å². The quantitative estimate of drug-likeness (QED) is 0.322. The molecule has 7 nitrogen and oxygen atoms in total. The van der Waals surface area contributed by atoms with Crippen LogP contribution in [-0.2, 0) is 6.42 Å². The van der Waals surface area contributed by atoms with E-state index in [1.807, 2.05) is 49.7 Å². The number of aromatic hydroxyl groups is 1. The lowest BCUT2D eigenvalue weighted by Gasteiger charge is -2.29. The topological polar surface area (TPSA) is 111 Å². The molecule has 32 heavy (non-hydrogen) atoms. The van der Waals surface area contributed by atoms with Crippen LogP contribution in [0.4, 0.5) is 11.4 Å². The van der Waals surface area contributed by atoms with E-state index in [0.717, 1.165) is 47.4 Å². The van der Waals surface area contributed by atoms with Gasteiger partial charge in [0, 0.05) is 53.7 Å². The molecule has 3 aromatic rings. The number of hydrogen-bond donors (Lipinski definition) is 5. The highest BCUT2D eigenvalue weighted by molar-refractivity contribution is 6.13. The third-order valence-electron chi connectivity index (χ3n) is 5.85. The van der Waals surface area contributed by atoms with Gasteiger partial charge in [-0.05, 0) is 55.3 Å². The minimum atomic E-state index is 0.103. The molecule has 0 spiro atoms. The third kappa shape index (κ3) is 3.97. The number of allylic oxidation sites excluding steroid dienone is 2. The molecule has 0 saturated carbocycles. The summed E-state index contributed by atoms with van der Waals surface area (Å²) >= 11 is 0. The molecule has 1 unspecified atom stereocenters. The molecule has 3 heterocycles. The average Bonchev–Trinajstić information content (AvgIpc) is 2.94. The van der Waals surface area contributed by atoms with Gasteiger partial charge < -0.3 is 26.5 Å². The SMILES string of the molecule is CC(=Nc1ccc(CC2CNC3=C(CC=NC=C3)N2)cc1)c1c(O)[nH]c2ccc(N)cc12. The van der Waals surface area contributed by atoms with Crippen LogP contribution >= 0.6 is 0 Å². The summed E-state index contributed by atoms with van der Waals surface area (Å²) in [7, 11) is 0. The summed E-state index contributed by atoms with van der Waals surface area (Å²) in [6.07, 6.45) is 7.48. The second-order valence-corrected chi connectivity index (χ2v) is 8.19. The second-order valence-electron chi connectivity index (χ2n) is 8.19. The first-order valence-corrected chi connectivity index (χ1v) is 10.7. The number of benzene rings is 2. The van der Waals surface area contributed by atoms with Gasteiger partial charge in [0.15, 0.2) is 5.88 Å². The lowest BCUT2D eigenvalue weighted by atomic mass is 10.0. The third-order valence-corrected chi connectivity index (χ3v) is 5.85. The van der Waals surface area contributed by atoms with Gasteiger partial charge in [-0.2, -0.15) is 0 Å². The van der Waals surface area contributed by atoms with Gasteiger partial charge in [0.1, 0.15) is 0 Å². The zero-order valence-electron chi connectivity index (χ0n) is 17.9. The van der Waals surface area contributed by atoms with Crippen LogP contribution in [0.1, 0.15) is 24.5 Å². The molecule has 6 N–H and O–H groups in total. The Bertz CT molecular complexity index is 1280. The molecule has 162 valence electrons. The van der Waals surface area contributed by atoms with Crippen molar-refractivity contribution in [1.29, 1.82) is 0 Å². The van der Waals surface area contributed by atoms with Gasteiger partial charge in [0.2, 0.25) is 0 Å². The number of nitrogen functional groups attached to an aromatic ring is 1. The van der Waals surface area contributed by atoms with Gasteiger partial charge >= 0.3 is 0 Å². The molecule has 0 bridgehead atoms. The van der Waals surface area contributed by atoms with Crippen molar-refractivity contribution in [1.82, 2.24) is 15.6 Å². The van der Waals surface area contributed by atoms with Crippen LogP contribution in [0.25, 0.3) is 10.9 Å². The molecule has 2 aliphatic heterocycles. The highest BCUT2D eigenvalue weighted by Gasteiger charge is 2.19. The van der Waals surface area contributed by atoms with Gasteiger partial charge in [-0.1, -0.05) is 12.1 Å². The van der Waals surface area contributed by atoms with Crippen LogP contribution in [0.2, 0.25) is 0 Å². The van der Waals surface area contributed by atoms with Crippen molar-refractivity contribution in [3.8, 4) is 5.88 Å². The first kappa shape index (κ1) is 19.9. The molecule has 0 radical (unpaired) electrons. The Morgan fingerprint density at radius 3 is 2.91 bits per heavy atom. The van der Waals surface area contributed by atoms with E-state index in [1.165, 1.54) is 11.3 Å². The predicted molar refractivity (Wildman–Crippen MR) is 131 cm³/mol. The maximum absolute atomic E-state index is 10.4. The molecule has 1 aromatic heterocycles. The fourth-order valence-corrected chi connectivity index (χ4v) is 4.29. The molecule has 5 rings (SSSR count). The van der Waals surface area contributed by atoms with Gasteiger partial charge in [-0.3, -0.25) is 9.98 Å². The van der Waals surface area contributed by atoms with Crippen molar-refractivity contribution in [2.45, 2.75) is 25.8 Å². The van der Waals surface area contributed by atoms with Crippen molar-refractivity contribution in [3.63, 3.8) is 0 Å². The first-order chi connectivity index (χ1) is 15.6. The summed E-state index contributed by atoms with van der Waals surface area (Å²) in [5, 5.41) is 18.4. The lowest BCUT2D eigenvalue weighted by molar-refractivity contribution is 0.457. The maximum Gasteiger partial charge on any atom is 0.198 e. The minimum Gasteiger partial charge on any atom is -0.494 e. The summed E-state index contributed by atoms with van der Waals surface area (Å²) in [6, 6.07) is 14.1. The number of H-pyrrole nitrogens is 1. The normalized spacial score (nSPS) is 18.3. The number of aromatic amines is 1. The second kappa shape index (κ2) is 8.26. The highest BCUT2D eigenvalue weighted by atomic mass is 16.3. The Labute approximate surface area is 186 Å². The summed E-state index contributed by atoms with van der Waals surface area (Å²) in [6.45, 7) is 2.76. The summed E-state index contributed by atoms with van der Waals surface area (Å²) in [5.41, 5.74) is 13.2. The molecule has 1 atom stereocenters. The van der Waals surface area contributed by atoms with Crippen LogP contribution in [0, 0.1) is 0 Å². The van der Waals surface area contributed by atoms with Gasteiger partial charge in [0.05, 0.1) is 22.7 Å². The van der Waals surface area contributed by atoms with Gasteiger partial charge in [0.25, 0.3) is 0 Å². The first-order valence-electron chi connectivity index (χ1n) is 10.7. The van der Waals surface area contributed by atoms with E-state index in [9.17, 15) is 5.11 Å². The average molecular weight is 427 g/mol. The summed E-state index contributed by atoms with van der Waals surface area (Å²) in [4.78, 5) is 11.9. The minimum absolute atomic E-state index is 0.103. The Morgan fingerprint density at radius 2 is 2.06 bits per heavy atom. The highest BCUT2D eigenvalue weighted by Crippen LogP contribution is 2.30. The van der Waals surface area contributed by atoms with Crippen LogP contribution in [0.15, 0.2) is 76.1 Å². The fourth-order valence-electron chi connectivity index (χ4n) is 4.29. The summed E-state index contributed by atoms with van der Waals surface area (Å²) in [5.74, 6) is 0.103. The van der Waals surface area contributed by atoms with Crippen LogP contribution < -0.4 is 16.4 Å². The smallest absolute Gasteiger partial charge is 0.198 e. The molecule has 0 saturated heterocycles. The molecular formula is C25H26N6O. The molecule has 7 heteroatoms. The number of aromatic nitrogens is 1. The Balaban J connectivity index is 1.31. The standard InChI is InChI=1S/C25H26N6O/c1-15(24-20-13-17(26)4-7-21(20)31-25(24)32)29-18-5-2-16(3-6-18)12-19-14-28-22-8-10-27-11-9-23(22)30-19/h2-8,10-11,13,19,28,30-32H,9,12,14,26H2,1H3. The van der Waals surface area contributed by atoms with E-state index in [0.29, 0.717) is 17.3 Å². The van der Waals surface area contributed by atoms with Crippen molar-refractivity contribution in [2.75, 3.05) is 12.3 Å². The van der Waals surface area contributed by atoms with E-state index in [-0.39, 0.29) is 5.88 Å². The number of nitrogens with zero attached hydrogens (tertiary/aromatic N) is 2. The van der Waals surface area contributed by atoms with Crippen LogP contribution in [0.3, 0.4) is 0 Å². The number of rotatable bonds is 4. The zero-order chi connectivity index (χ0) is 22.1. The number of fused-ring (bicyclic) bond motifs is 1. The molecule has 0 amide bonds. The molecule has 2 aromatic carbocycles. The number of anilines is 1. The monoisotopic (exact) mass is 426 g/mol. The van der Waals surface area contributed by atoms with E-state index >= 15 is 0 Å². The van der Waals surface area contributed by atoms with Crippen LogP contribution in [-0.4, -0.2) is 34.6 Å². The lowest BCUT2D eigenvalue weighted by Crippen LogP contribution is -2.45. The molecule has 0 fully saturated rings. The van der Waals surface area contributed by atoms with E-state index in [2.05, 4.69) is 32.7 Å². The molecular weight excluding hydrogens is 400 g/mol. The number of hydrogen-bond acceptors (Lipinski definition) is 6. The maximum atomic E-state index is 10.4. The van der Waals surface area contributed by atoms with E-state index in [1.54, 1.807) is 6.07 Å². The van der Waals surface area contributed by atoms with E-state index in [4.69, 9.17) is 10.7 Å². The number of aliphatic imine (C=N–C) groups is 2. The Hall–Kier alpha value is -4.00. The van der Waals surface area contributed by atoms with Gasteiger partial charge in [-0.15, -0.1) is 0 Å². The van der Waals surface area contributed by atoms with Crippen molar-refractivity contribution < 1.29 is 5.11 Å². The fraction of sp³-hybridized carbons (Fsp3) is 0.200. The summed E-state index contributed by atoms with van der Waals surface area (Å²) < 4.78 is 0. The Kier molecular flexibility index (Phi) is 5.15. The zero-order valence-corrected chi connectivity index (χ0v) is 17.9. The van der Waals surface area contributed by atoms with Crippen molar-refractivity contribution >= 4 is 34.2 Å². The van der Waals surface area contributed by atoms with Crippen molar-refractivity contribution in [2.24, 2.45) is 9.98 Å². The van der Waals surface area contributed by atoms with Crippen LogP contribution in [0.5, 0.6) is 5.88 Å². The molecule has 0 aliphatic carbocycles. The Morgan fingerprint density at radius 1 is 1.22 bits per heavy atom. The number of nitrogens with one attached hydrogen (secondary N) is 3. The molecule has 2 aliphatic rings. The van der Waals surface area contributed by atoms with E-state index < -0.39 is 0 Å². The van der Waals surface area contributed by atoms with Crippen molar-refractivity contribution in [3.05, 3.63) is 77.3 Å². The number of nitrogens with two attached hydrogens (primary N) is 1. The predicted octanol–water partition coefficient (Wildman–Crippen LogP) is 3.90. The largest absolute Gasteiger partial charge is 0.494 e.